The topological polar surface area (TPSA) is 236 Å². The molecule has 0 spiro atoms. The number of rotatable bonds is 16. The lowest BCUT2D eigenvalue weighted by molar-refractivity contribution is -0.353. The Labute approximate surface area is 317 Å². The van der Waals surface area contributed by atoms with Crippen molar-refractivity contribution in [3.8, 4) is 0 Å². The molecule has 15 atom stereocenters. The zero-order valence-electron chi connectivity index (χ0n) is 29.9. The molecule has 3 heterocycles. The molecular weight excluding hydrogens is 724 g/mol. The van der Waals surface area contributed by atoms with Crippen molar-refractivity contribution in [2.75, 3.05) is 19.8 Å². The van der Waals surface area contributed by atoms with Gasteiger partial charge in [-0.25, -0.2) is 0 Å². The third kappa shape index (κ3) is 10.5. The van der Waals surface area contributed by atoms with Crippen LogP contribution in [0.1, 0.15) is 16.7 Å². The van der Waals surface area contributed by atoms with Gasteiger partial charge in [-0.2, -0.15) is 0 Å². The zero-order chi connectivity index (χ0) is 38.9. The largest absolute Gasteiger partial charge is 0.394 e. The fourth-order valence-electron chi connectivity index (χ4n) is 6.67. The van der Waals surface area contributed by atoms with Crippen LogP contribution in [0.25, 0.3) is 0 Å². The summed E-state index contributed by atoms with van der Waals surface area (Å²) in [6.07, 6.45) is -21.2. The predicted molar refractivity (Wildman–Crippen MR) is 188 cm³/mol. The molecule has 0 bridgehead atoms. The number of hydrogen-bond donors (Lipinski definition) is 8. The SMILES string of the molecule is OC[C@H]1O[C@@H](OC[C@H]2OC(OC[C@H]3OC(O)[C@H](O)[C@@H](O)[C@@H]3O)[C@H](OCc3ccccc3)[C@@H](OCc3ccccc3)[C@@H]2OCc2ccccc2)[C@H](O)[C@@H](O)[C@@H]1O. The van der Waals surface area contributed by atoms with Gasteiger partial charge in [-0.15, -0.1) is 0 Å². The Hall–Kier alpha value is -2.98. The third-order valence-electron chi connectivity index (χ3n) is 9.83. The van der Waals surface area contributed by atoms with E-state index in [1.54, 1.807) is 0 Å². The molecule has 16 heteroatoms. The zero-order valence-corrected chi connectivity index (χ0v) is 29.9. The summed E-state index contributed by atoms with van der Waals surface area (Å²) in [5.74, 6) is 0. The molecule has 2 unspecified atom stereocenters. The molecule has 3 aromatic rings. The van der Waals surface area contributed by atoms with Gasteiger partial charge in [-0.05, 0) is 16.7 Å². The Morgan fingerprint density at radius 1 is 0.400 bits per heavy atom. The Balaban J connectivity index is 1.32. The molecule has 3 saturated heterocycles. The molecule has 3 aromatic carbocycles. The number of aliphatic hydroxyl groups excluding tert-OH is 8. The van der Waals surface area contributed by atoms with E-state index in [4.69, 9.17) is 37.9 Å². The van der Waals surface area contributed by atoms with Crippen molar-refractivity contribution in [3.05, 3.63) is 108 Å². The average Bonchev–Trinajstić information content (AvgIpc) is 3.21. The summed E-state index contributed by atoms with van der Waals surface area (Å²) in [5.41, 5.74) is 2.49. The standard InChI is InChI=1S/C39H50O16/c40-16-25-28(41)31(44)33(46)38(54-25)51-21-27-34(48-17-22-10-4-1-5-11-22)35(49-18-23-12-6-2-7-13-23)36(50-19-24-14-8-3-9-15-24)39(55-27)52-20-26-29(42)30(43)32(45)37(47)53-26/h1-15,25-47H,16-21H2/t25-,26-,27-,28-,29-,30+,31+,32-,33-,34-,35+,36-,37?,38-,39?/m1/s1. The maximum atomic E-state index is 10.7. The first-order chi connectivity index (χ1) is 26.6. The molecule has 55 heavy (non-hydrogen) atoms. The molecule has 302 valence electrons. The minimum absolute atomic E-state index is 0.0868. The summed E-state index contributed by atoms with van der Waals surface area (Å²) >= 11 is 0. The molecule has 0 aromatic heterocycles. The summed E-state index contributed by atoms with van der Waals surface area (Å²) in [6, 6.07) is 28.1. The third-order valence-corrected chi connectivity index (χ3v) is 9.83. The van der Waals surface area contributed by atoms with E-state index in [-0.39, 0.29) is 26.4 Å². The fourth-order valence-corrected chi connectivity index (χ4v) is 6.67. The Morgan fingerprint density at radius 2 is 0.836 bits per heavy atom. The molecule has 0 radical (unpaired) electrons. The van der Waals surface area contributed by atoms with Gasteiger partial charge in [0.25, 0.3) is 0 Å². The first kappa shape index (κ1) is 41.6. The van der Waals surface area contributed by atoms with Gasteiger partial charge in [0.2, 0.25) is 0 Å². The lowest BCUT2D eigenvalue weighted by atomic mass is 9.97. The van der Waals surface area contributed by atoms with Crippen molar-refractivity contribution >= 4 is 0 Å². The van der Waals surface area contributed by atoms with Crippen molar-refractivity contribution in [3.63, 3.8) is 0 Å². The highest BCUT2D eigenvalue weighted by Gasteiger charge is 2.51. The average molecular weight is 775 g/mol. The second-order valence-electron chi connectivity index (χ2n) is 13.7. The van der Waals surface area contributed by atoms with E-state index in [0.717, 1.165) is 16.7 Å². The molecule has 0 saturated carbocycles. The number of aliphatic hydroxyl groups is 8. The van der Waals surface area contributed by atoms with Crippen LogP contribution in [0.2, 0.25) is 0 Å². The van der Waals surface area contributed by atoms with Gasteiger partial charge in [0.15, 0.2) is 18.9 Å². The van der Waals surface area contributed by atoms with Gasteiger partial charge in [-0.3, -0.25) is 0 Å². The van der Waals surface area contributed by atoms with Crippen LogP contribution in [0.15, 0.2) is 91.0 Å². The van der Waals surface area contributed by atoms with E-state index in [1.165, 1.54) is 0 Å². The van der Waals surface area contributed by atoms with E-state index in [1.807, 2.05) is 91.0 Å². The van der Waals surface area contributed by atoms with Crippen molar-refractivity contribution in [1.29, 1.82) is 0 Å². The molecule has 16 nitrogen and oxygen atoms in total. The normalized spacial score (nSPS) is 36.8. The van der Waals surface area contributed by atoms with E-state index < -0.39 is 105 Å². The van der Waals surface area contributed by atoms with Crippen molar-refractivity contribution < 1.29 is 78.7 Å². The highest BCUT2D eigenvalue weighted by molar-refractivity contribution is 5.16. The number of hydrogen-bond acceptors (Lipinski definition) is 16. The maximum absolute atomic E-state index is 10.7. The Morgan fingerprint density at radius 3 is 1.38 bits per heavy atom. The lowest BCUT2D eigenvalue weighted by Gasteiger charge is -2.47. The molecule has 3 aliphatic rings. The minimum atomic E-state index is -1.80. The quantitative estimate of drug-likeness (QED) is 0.0881. The van der Waals surface area contributed by atoms with Crippen molar-refractivity contribution in [2.24, 2.45) is 0 Å². The lowest BCUT2D eigenvalue weighted by Crippen LogP contribution is -2.64. The predicted octanol–water partition coefficient (Wildman–Crippen LogP) is -0.899. The highest BCUT2D eigenvalue weighted by atomic mass is 16.7. The minimum Gasteiger partial charge on any atom is -0.394 e. The van der Waals surface area contributed by atoms with E-state index in [9.17, 15) is 40.9 Å². The van der Waals surface area contributed by atoms with Gasteiger partial charge in [0.05, 0.1) is 39.6 Å². The molecule has 8 N–H and O–H groups in total. The van der Waals surface area contributed by atoms with Crippen LogP contribution in [0, 0.1) is 0 Å². The van der Waals surface area contributed by atoms with Gasteiger partial charge >= 0.3 is 0 Å². The van der Waals surface area contributed by atoms with Crippen LogP contribution in [0.3, 0.4) is 0 Å². The summed E-state index contributed by atoms with van der Waals surface area (Å²) in [6.45, 7) is -1.16. The van der Waals surface area contributed by atoms with Crippen molar-refractivity contribution in [1.82, 2.24) is 0 Å². The molecule has 3 aliphatic heterocycles. The van der Waals surface area contributed by atoms with E-state index in [0.29, 0.717) is 0 Å². The molecule has 0 amide bonds. The van der Waals surface area contributed by atoms with E-state index >= 15 is 0 Å². The van der Waals surface area contributed by atoms with Crippen LogP contribution in [-0.2, 0) is 57.7 Å². The van der Waals surface area contributed by atoms with Gasteiger partial charge in [-0.1, -0.05) is 91.0 Å². The molecule has 6 rings (SSSR count). The van der Waals surface area contributed by atoms with Gasteiger partial charge < -0.3 is 78.7 Å². The van der Waals surface area contributed by atoms with Crippen molar-refractivity contribution in [2.45, 2.75) is 112 Å². The Kier molecular flexibility index (Phi) is 15.1. The Bertz CT molecular complexity index is 1540. The second-order valence-corrected chi connectivity index (χ2v) is 13.7. The number of ether oxygens (including phenoxy) is 8. The maximum Gasteiger partial charge on any atom is 0.187 e. The highest BCUT2D eigenvalue weighted by Crippen LogP contribution is 2.33. The number of benzene rings is 3. The van der Waals surface area contributed by atoms with Crippen LogP contribution in [0.4, 0.5) is 0 Å². The van der Waals surface area contributed by atoms with Gasteiger partial charge in [0.1, 0.15) is 73.2 Å². The molecule has 3 fully saturated rings. The summed E-state index contributed by atoms with van der Waals surface area (Å²) in [7, 11) is 0. The first-order valence-electron chi connectivity index (χ1n) is 18.2. The van der Waals surface area contributed by atoms with Crippen LogP contribution >= 0.6 is 0 Å². The summed E-state index contributed by atoms with van der Waals surface area (Å²) < 4.78 is 49.4. The summed E-state index contributed by atoms with van der Waals surface area (Å²) in [5, 5.41) is 82.4. The monoisotopic (exact) mass is 774 g/mol. The smallest absolute Gasteiger partial charge is 0.187 e. The second kappa shape index (κ2) is 19.9. The fraction of sp³-hybridized carbons (Fsp3) is 0.538. The van der Waals surface area contributed by atoms with Gasteiger partial charge in [0, 0.05) is 0 Å². The van der Waals surface area contributed by atoms with Crippen LogP contribution < -0.4 is 0 Å². The summed E-state index contributed by atoms with van der Waals surface area (Å²) in [4.78, 5) is 0. The van der Waals surface area contributed by atoms with Crippen LogP contribution in [0.5, 0.6) is 0 Å². The molecule has 0 aliphatic carbocycles. The van der Waals surface area contributed by atoms with E-state index in [2.05, 4.69) is 0 Å². The molecular formula is C39H50O16. The van der Waals surface area contributed by atoms with Crippen LogP contribution in [-0.4, -0.2) is 153 Å². The first-order valence-corrected chi connectivity index (χ1v) is 18.2.